The molecule has 1 aromatic heterocycles. The average molecular weight is 182 g/mol. The molecule has 0 saturated carbocycles. The summed E-state index contributed by atoms with van der Waals surface area (Å²) in [5, 5.41) is 1.03. The third-order valence-electron chi connectivity index (χ3n) is 1.50. The van der Waals surface area contributed by atoms with E-state index >= 15 is 0 Å². The van der Waals surface area contributed by atoms with Crippen molar-refractivity contribution in [3.05, 3.63) is 9.88 Å². The lowest BCUT2D eigenvalue weighted by Gasteiger charge is -1.85. The Kier molecular flexibility index (Phi) is 3.14. The molecule has 0 bridgehead atoms. The van der Waals surface area contributed by atoms with Crippen LogP contribution in [0, 0.1) is 0 Å². The average Bonchev–Trinajstić information content (AvgIpc) is 2.48. The Morgan fingerprint density at radius 1 is 1.50 bits per heavy atom. The SMILES string of the molecule is CCc1nc(N=C=O)c(CC)s1. The van der Waals surface area contributed by atoms with E-state index in [4.69, 9.17) is 0 Å². The predicted octanol–water partition coefficient (Wildman–Crippen LogP) is 2.24. The number of thiazole rings is 1. The summed E-state index contributed by atoms with van der Waals surface area (Å²) in [6.45, 7) is 4.06. The van der Waals surface area contributed by atoms with Crippen LogP contribution in [0.2, 0.25) is 0 Å². The lowest BCUT2D eigenvalue weighted by atomic mass is 10.4. The van der Waals surface area contributed by atoms with Crippen LogP contribution in [0.25, 0.3) is 0 Å². The van der Waals surface area contributed by atoms with E-state index in [0.717, 1.165) is 22.7 Å². The maximum Gasteiger partial charge on any atom is 0.242 e. The van der Waals surface area contributed by atoms with Gasteiger partial charge in [0.15, 0.2) is 5.82 Å². The van der Waals surface area contributed by atoms with Gasteiger partial charge in [0, 0.05) is 0 Å². The highest BCUT2D eigenvalue weighted by Crippen LogP contribution is 2.25. The molecule has 0 aromatic carbocycles. The fourth-order valence-electron chi connectivity index (χ4n) is 0.903. The van der Waals surface area contributed by atoms with E-state index in [9.17, 15) is 4.79 Å². The molecule has 1 aromatic rings. The van der Waals surface area contributed by atoms with Crippen LogP contribution >= 0.6 is 11.3 Å². The molecule has 0 saturated heterocycles. The van der Waals surface area contributed by atoms with E-state index in [-0.39, 0.29) is 0 Å². The quantitative estimate of drug-likeness (QED) is 0.531. The second-order valence-corrected chi connectivity index (χ2v) is 3.43. The second kappa shape index (κ2) is 4.14. The van der Waals surface area contributed by atoms with Crippen LogP contribution < -0.4 is 0 Å². The van der Waals surface area contributed by atoms with Gasteiger partial charge in [-0.1, -0.05) is 13.8 Å². The third kappa shape index (κ3) is 1.78. The van der Waals surface area contributed by atoms with Crippen molar-refractivity contribution in [2.75, 3.05) is 0 Å². The summed E-state index contributed by atoms with van der Waals surface area (Å²) >= 11 is 1.62. The molecule has 0 aliphatic heterocycles. The van der Waals surface area contributed by atoms with Gasteiger partial charge in [0.05, 0.1) is 9.88 Å². The Morgan fingerprint density at radius 2 is 2.25 bits per heavy atom. The number of carbonyl (C=O) groups excluding carboxylic acids is 1. The summed E-state index contributed by atoms with van der Waals surface area (Å²) in [4.78, 5) is 18.8. The van der Waals surface area contributed by atoms with Crippen LogP contribution in [-0.4, -0.2) is 11.1 Å². The summed E-state index contributed by atoms with van der Waals surface area (Å²) in [5.41, 5.74) is 0. The molecule has 0 fully saturated rings. The number of aryl methyl sites for hydroxylation is 2. The fourth-order valence-corrected chi connectivity index (χ4v) is 1.79. The largest absolute Gasteiger partial charge is 0.242 e. The van der Waals surface area contributed by atoms with Crippen molar-refractivity contribution in [1.82, 2.24) is 4.98 Å². The van der Waals surface area contributed by atoms with Gasteiger partial charge >= 0.3 is 0 Å². The Hall–Kier alpha value is -0.990. The van der Waals surface area contributed by atoms with Crippen molar-refractivity contribution >= 4 is 23.2 Å². The summed E-state index contributed by atoms with van der Waals surface area (Å²) in [6, 6.07) is 0. The second-order valence-electron chi connectivity index (χ2n) is 2.26. The van der Waals surface area contributed by atoms with Crippen LogP contribution in [0.3, 0.4) is 0 Å². The molecule has 0 amide bonds. The van der Waals surface area contributed by atoms with Crippen molar-refractivity contribution in [3.63, 3.8) is 0 Å². The highest BCUT2D eigenvalue weighted by atomic mass is 32.1. The van der Waals surface area contributed by atoms with Crippen LogP contribution in [0.1, 0.15) is 23.7 Å². The van der Waals surface area contributed by atoms with E-state index < -0.39 is 0 Å². The minimum absolute atomic E-state index is 0.550. The number of isocyanates is 1. The molecule has 4 heteroatoms. The predicted molar refractivity (Wildman–Crippen MR) is 48.7 cm³/mol. The molecular weight excluding hydrogens is 172 g/mol. The number of hydrogen-bond acceptors (Lipinski definition) is 4. The Labute approximate surface area is 75.2 Å². The smallest absolute Gasteiger partial charge is 0.221 e. The van der Waals surface area contributed by atoms with E-state index in [1.165, 1.54) is 6.08 Å². The molecule has 0 unspecified atom stereocenters. The Bertz CT molecular complexity index is 313. The van der Waals surface area contributed by atoms with Gasteiger partial charge in [-0.3, -0.25) is 0 Å². The van der Waals surface area contributed by atoms with Gasteiger partial charge in [-0.2, -0.15) is 0 Å². The van der Waals surface area contributed by atoms with Crippen molar-refractivity contribution in [3.8, 4) is 0 Å². The summed E-state index contributed by atoms with van der Waals surface area (Å²) in [5.74, 6) is 0.550. The normalized spacial score (nSPS) is 9.50. The molecule has 64 valence electrons. The van der Waals surface area contributed by atoms with Gasteiger partial charge in [-0.05, 0) is 12.8 Å². The zero-order valence-electron chi connectivity index (χ0n) is 7.13. The van der Waals surface area contributed by atoms with Crippen LogP contribution in [-0.2, 0) is 17.6 Å². The molecule has 0 N–H and O–H groups in total. The van der Waals surface area contributed by atoms with Crippen LogP contribution in [0.5, 0.6) is 0 Å². The molecule has 1 heterocycles. The van der Waals surface area contributed by atoms with Gasteiger partial charge < -0.3 is 0 Å². The third-order valence-corrected chi connectivity index (χ3v) is 2.83. The number of rotatable bonds is 3. The minimum atomic E-state index is 0.550. The number of hydrogen-bond donors (Lipinski definition) is 0. The summed E-state index contributed by atoms with van der Waals surface area (Å²) < 4.78 is 0. The highest BCUT2D eigenvalue weighted by Gasteiger charge is 2.06. The molecular formula is C8H10N2OS. The topological polar surface area (TPSA) is 42.3 Å². The first-order chi connectivity index (χ1) is 5.81. The van der Waals surface area contributed by atoms with Gasteiger partial charge in [-0.25, -0.2) is 9.78 Å². The maximum absolute atomic E-state index is 10.0. The van der Waals surface area contributed by atoms with Crippen molar-refractivity contribution in [2.24, 2.45) is 4.99 Å². The first-order valence-corrected chi connectivity index (χ1v) is 4.69. The van der Waals surface area contributed by atoms with E-state index in [2.05, 4.69) is 9.98 Å². The van der Waals surface area contributed by atoms with E-state index in [1.807, 2.05) is 13.8 Å². The van der Waals surface area contributed by atoms with Crippen LogP contribution in [0.4, 0.5) is 5.82 Å². The fraction of sp³-hybridized carbons (Fsp3) is 0.500. The zero-order valence-corrected chi connectivity index (χ0v) is 7.94. The van der Waals surface area contributed by atoms with Crippen molar-refractivity contribution in [1.29, 1.82) is 0 Å². The molecule has 3 nitrogen and oxygen atoms in total. The molecule has 0 atom stereocenters. The summed E-state index contributed by atoms with van der Waals surface area (Å²) in [7, 11) is 0. The first kappa shape index (κ1) is 9.10. The first-order valence-electron chi connectivity index (χ1n) is 3.88. The van der Waals surface area contributed by atoms with Crippen molar-refractivity contribution < 1.29 is 4.79 Å². The molecule has 1 rings (SSSR count). The molecule has 0 aliphatic carbocycles. The molecule has 0 aliphatic rings. The number of aromatic nitrogens is 1. The molecule has 0 spiro atoms. The lowest BCUT2D eigenvalue weighted by molar-refractivity contribution is 0.565. The highest BCUT2D eigenvalue weighted by molar-refractivity contribution is 7.12. The van der Waals surface area contributed by atoms with Gasteiger partial charge in [0.2, 0.25) is 6.08 Å². The zero-order chi connectivity index (χ0) is 8.97. The standard InChI is InChI=1S/C8H10N2OS/c1-3-6-8(9-5-11)10-7(4-2)12-6/h3-4H2,1-2H3. The van der Waals surface area contributed by atoms with Gasteiger partial charge in [0.1, 0.15) is 0 Å². The number of nitrogens with zero attached hydrogens (tertiary/aromatic N) is 2. The summed E-state index contributed by atoms with van der Waals surface area (Å²) in [6.07, 6.45) is 3.28. The molecule has 12 heavy (non-hydrogen) atoms. The van der Waals surface area contributed by atoms with Gasteiger partial charge in [0.25, 0.3) is 0 Å². The number of aliphatic imine (C=N–C) groups is 1. The van der Waals surface area contributed by atoms with E-state index in [1.54, 1.807) is 11.3 Å². The monoisotopic (exact) mass is 182 g/mol. The Morgan fingerprint density at radius 3 is 2.75 bits per heavy atom. The van der Waals surface area contributed by atoms with Crippen LogP contribution in [0.15, 0.2) is 4.99 Å². The van der Waals surface area contributed by atoms with E-state index in [0.29, 0.717) is 5.82 Å². The molecule has 0 radical (unpaired) electrons. The minimum Gasteiger partial charge on any atom is -0.221 e. The van der Waals surface area contributed by atoms with Crippen molar-refractivity contribution in [2.45, 2.75) is 26.7 Å². The lowest BCUT2D eigenvalue weighted by Crippen LogP contribution is -1.74. The van der Waals surface area contributed by atoms with Gasteiger partial charge in [-0.15, -0.1) is 16.3 Å². The Balaban J connectivity index is 3.07. The maximum atomic E-state index is 10.0.